The molecule has 3 rings (SSSR count). The van der Waals surface area contributed by atoms with Crippen LogP contribution in [-0.4, -0.2) is 41.2 Å². The lowest BCUT2D eigenvalue weighted by molar-refractivity contribution is 0.186. The van der Waals surface area contributed by atoms with Crippen LogP contribution in [0.5, 0.6) is 0 Å². The Bertz CT molecular complexity index is 1200. The minimum Gasteiger partial charge on any atom is -0.465 e. The predicted octanol–water partition coefficient (Wildman–Crippen LogP) is 3.48. The molecule has 0 spiro atoms. The van der Waals surface area contributed by atoms with E-state index in [2.05, 4.69) is 5.10 Å². The fraction of sp³-hybridized carbons (Fsp3) is 0.182. The van der Waals surface area contributed by atoms with Crippen LogP contribution < -0.4 is 10.3 Å². The number of carboxylic acid groups (broad SMARTS) is 1. The Morgan fingerprint density at radius 1 is 1.29 bits per heavy atom. The number of rotatable bonds is 7. The highest BCUT2D eigenvalue weighted by Crippen LogP contribution is 2.19. The molecular formula is C22H19ClN4O4. The number of anilines is 1. The molecule has 0 aliphatic carbocycles. The van der Waals surface area contributed by atoms with Gasteiger partial charge in [0.25, 0.3) is 0 Å². The highest BCUT2D eigenvalue weighted by Gasteiger charge is 2.15. The monoisotopic (exact) mass is 438 g/mol. The minimum absolute atomic E-state index is 0.182. The summed E-state index contributed by atoms with van der Waals surface area (Å²) in [6.45, 7) is 0.438. The molecule has 1 heterocycles. The molecule has 1 aromatic heterocycles. The Balaban J connectivity index is 1.93. The fourth-order valence-electron chi connectivity index (χ4n) is 3.03. The normalized spacial score (nSPS) is 10.5. The molecule has 31 heavy (non-hydrogen) atoms. The second kappa shape index (κ2) is 9.89. The average molecular weight is 439 g/mol. The Labute approximate surface area is 183 Å². The third-order valence-corrected chi connectivity index (χ3v) is 4.72. The maximum absolute atomic E-state index is 12.4. The van der Waals surface area contributed by atoms with Crippen molar-refractivity contribution in [1.82, 2.24) is 9.78 Å². The van der Waals surface area contributed by atoms with Crippen molar-refractivity contribution in [2.24, 2.45) is 0 Å². The lowest BCUT2D eigenvalue weighted by Gasteiger charge is -2.19. The largest absolute Gasteiger partial charge is 0.465 e. The van der Waals surface area contributed by atoms with Crippen LogP contribution in [0.1, 0.15) is 16.8 Å². The standard InChI is InChI=1S/C22H19ClN4O4/c1-31-8-7-26(22(29)30)18-4-2-3-15(10-18)12-20-21(28)5-6-27(25-20)19-11-16(14-24)9-17(23)13-19/h2-6,9-11,13H,7-8,12H2,1H3,(H,29,30). The van der Waals surface area contributed by atoms with Gasteiger partial charge in [-0.15, -0.1) is 0 Å². The average Bonchev–Trinajstić information content (AvgIpc) is 2.75. The number of aromatic nitrogens is 2. The van der Waals surface area contributed by atoms with Crippen LogP contribution in [0.15, 0.2) is 59.5 Å². The summed E-state index contributed by atoms with van der Waals surface area (Å²) in [5.41, 5.74) is 2.16. The smallest absolute Gasteiger partial charge is 0.411 e. The number of benzene rings is 2. The van der Waals surface area contributed by atoms with Crippen LogP contribution in [0.2, 0.25) is 5.02 Å². The Morgan fingerprint density at radius 2 is 2.10 bits per heavy atom. The van der Waals surface area contributed by atoms with Crippen molar-refractivity contribution in [3.8, 4) is 11.8 Å². The van der Waals surface area contributed by atoms with E-state index in [0.29, 0.717) is 22.0 Å². The number of carbonyl (C=O) groups is 1. The van der Waals surface area contributed by atoms with E-state index in [4.69, 9.17) is 21.6 Å². The van der Waals surface area contributed by atoms with Crippen LogP contribution >= 0.6 is 11.6 Å². The lowest BCUT2D eigenvalue weighted by Crippen LogP contribution is -2.32. The fourth-order valence-corrected chi connectivity index (χ4v) is 3.26. The number of methoxy groups -OCH3 is 1. The van der Waals surface area contributed by atoms with Crippen molar-refractivity contribution in [2.45, 2.75) is 6.42 Å². The molecular weight excluding hydrogens is 420 g/mol. The predicted molar refractivity (Wildman–Crippen MR) is 116 cm³/mol. The number of amides is 1. The third kappa shape index (κ3) is 5.48. The van der Waals surface area contributed by atoms with Crippen molar-refractivity contribution in [3.05, 3.63) is 86.8 Å². The summed E-state index contributed by atoms with van der Waals surface area (Å²) in [6.07, 6.45) is 0.617. The first kappa shape index (κ1) is 22.0. The van der Waals surface area contributed by atoms with E-state index in [-0.39, 0.29) is 30.7 Å². The first-order valence-electron chi connectivity index (χ1n) is 9.29. The van der Waals surface area contributed by atoms with Gasteiger partial charge in [0.1, 0.15) is 5.69 Å². The highest BCUT2D eigenvalue weighted by molar-refractivity contribution is 6.30. The molecule has 158 valence electrons. The number of hydrogen-bond acceptors (Lipinski definition) is 5. The molecule has 0 radical (unpaired) electrons. The lowest BCUT2D eigenvalue weighted by atomic mass is 10.1. The summed E-state index contributed by atoms with van der Waals surface area (Å²) < 4.78 is 6.46. The van der Waals surface area contributed by atoms with Crippen molar-refractivity contribution in [3.63, 3.8) is 0 Å². The molecule has 1 N–H and O–H groups in total. The van der Waals surface area contributed by atoms with Gasteiger partial charge in [-0.25, -0.2) is 9.48 Å². The van der Waals surface area contributed by atoms with E-state index >= 15 is 0 Å². The number of hydrogen-bond donors (Lipinski definition) is 1. The van der Waals surface area contributed by atoms with Crippen molar-refractivity contribution in [1.29, 1.82) is 5.26 Å². The zero-order chi connectivity index (χ0) is 22.4. The summed E-state index contributed by atoms with van der Waals surface area (Å²) in [6, 6.07) is 15.1. The second-order valence-electron chi connectivity index (χ2n) is 6.65. The van der Waals surface area contributed by atoms with Gasteiger partial charge in [-0.3, -0.25) is 9.69 Å². The molecule has 8 nitrogen and oxygen atoms in total. The third-order valence-electron chi connectivity index (χ3n) is 4.50. The molecule has 0 unspecified atom stereocenters. The van der Waals surface area contributed by atoms with E-state index in [0.717, 1.165) is 5.56 Å². The first-order valence-corrected chi connectivity index (χ1v) is 9.67. The first-order chi connectivity index (χ1) is 14.9. The number of nitrogens with zero attached hydrogens (tertiary/aromatic N) is 4. The number of halogens is 1. The summed E-state index contributed by atoms with van der Waals surface area (Å²) in [5.74, 6) is 0. The van der Waals surface area contributed by atoms with Crippen LogP contribution in [0.4, 0.5) is 10.5 Å². The number of nitriles is 1. The van der Waals surface area contributed by atoms with Crippen molar-refractivity contribution >= 4 is 23.4 Å². The maximum Gasteiger partial charge on any atom is 0.411 e. The molecule has 0 saturated carbocycles. The molecule has 0 saturated heterocycles. The molecule has 2 aromatic carbocycles. The quantitative estimate of drug-likeness (QED) is 0.605. The zero-order valence-electron chi connectivity index (χ0n) is 16.7. The molecule has 3 aromatic rings. The topological polar surface area (TPSA) is 108 Å². The van der Waals surface area contributed by atoms with E-state index in [1.54, 1.807) is 36.4 Å². The molecule has 0 atom stereocenters. The van der Waals surface area contributed by atoms with Gasteiger partial charge < -0.3 is 9.84 Å². The van der Waals surface area contributed by atoms with Crippen LogP contribution in [0.25, 0.3) is 5.69 Å². The van der Waals surface area contributed by atoms with E-state index in [1.807, 2.05) is 6.07 Å². The van der Waals surface area contributed by atoms with Gasteiger partial charge in [0.2, 0.25) is 5.43 Å². The van der Waals surface area contributed by atoms with Crippen molar-refractivity contribution in [2.75, 3.05) is 25.2 Å². The molecule has 0 aliphatic rings. The van der Waals surface area contributed by atoms with Crippen molar-refractivity contribution < 1.29 is 14.6 Å². The zero-order valence-corrected chi connectivity index (χ0v) is 17.4. The van der Waals surface area contributed by atoms with Gasteiger partial charge in [0.05, 0.1) is 30.5 Å². The number of ether oxygens (including phenoxy) is 1. The summed E-state index contributed by atoms with van der Waals surface area (Å²) in [4.78, 5) is 25.2. The minimum atomic E-state index is -1.09. The molecule has 1 amide bonds. The Kier molecular flexibility index (Phi) is 7.03. The molecule has 0 fully saturated rings. The van der Waals surface area contributed by atoms with Gasteiger partial charge in [-0.2, -0.15) is 10.4 Å². The molecule has 0 bridgehead atoms. The summed E-state index contributed by atoms with van der Waals surface area (Å²) >= 11 is 6.07. The van der Waals surface area contributed by atoms with Gasteiger partial charge in [0, 0.05) is 36.5 Å². The van der Waals surface area contributed by atoms with E-state index in [1.165, 1.54) is 35.0 Å². The van der Waals surface area contributed by atoms with Gasteiger partial charge in [-0.05, 0) is 35.9 Å². The van der Waals surface area contributed by atoms with Gasteiger partial charge >= 0.3 is 6.09 Å². The van der Waals surface area contributed by atoms with Crippen LogP contribution in [0, 0.1) is 11.3 Å². The van der Waals surface area contributed by atoms with E-state index in [9.17, 15) is 14.7 Å². The van der Waals surface area contributed by atoms with E-state index < -0.39 is 6.09 Å². The highest BCUT2D eigenvalue weighted by atomic mass is 35.5. The maximum atomic E-state index is 12.4. The Morgan fingerprint density at radius 3 is 2.81 bits per heavy atom. The second-order valence-corrected chi connectivity index (χ2v) is 7.09. The summed E-state index contributed by atoms with van der Waals surface area (Å²) in [5, 5.41) is 23.4. The van der Waals surface area contributed by atoms with Gasteiger partial charge in [-0.1, -0.05) is 23.7 Å². The summed E-state index contributed by atoms with van der Waals surface area (Å²) in [7, 11) is 1.50. The SMILES string of the molecule is COCCN(C(=O)O)c1cccc(Cc2nn(-c3cc(Cl)cc(C#N)c3)ccc2=O)c1. The molecule has 0 aliphatic heterocycles. The van der Waals surface area contributed by atoms with Crippen LogP contribution in [0.3, 0.4) is 0 Å². The molecule has 9 heteroatoms. The van der Waals surface area contributed by atoms with Crippen LogP contribution in [-0.2, 0) is 11.2 Å². The van der Waals surface area contributed by atoms with Gasteiger partial charge in [0.15, 0.2) is 0 Å². The Hall–Kier alpha value is -3.67.